The highest BCUT2D eigenvalue weighted by atomic mass is 19.4. The van der Waals surface area contributed by atoms with Gasteiger partial charge in [0.05, 0.1) is 18.6 Å². The Kier molecular flexibility index (Phi) is 5.51. The standard InChI is InChI=1S/C12H12F3NO4/c13-12(14,15)7-20-5-4-10(17)16-9-3-1-2-8(6-9)11(18)19/h1-3,6H,4-5,7H2,(H,16,17)(H,18,19). The zero-order chi connectivity index (χ0) is 15.2. The second kappa shape index (κ2) is 6.90. The molecule has 0 atom stereocenters. The Morgan fingerprint density at radius 1 is 1.30 bits per heavy atom. The molecule has 2 N–H and O–H groups in total. The fraction of sp³-hybridized carbons (Fsp3) is 0.333. The summed E-state index contributed by atoms with van der Waals surface area (Å²) >= 11 is 0. The topological polar surface area (TPSA) is 75.6 Å². The molecule has 0 spiro atoms. The number of hydrogen-bond acceptors (Lipinski definition) is 3. The summed E-state index contributed by atoms with van der Waals surface area (Å²) < 4.78 is 39.6. The van der Waals surface area contributed by atoms with Crippen LogP contribution in [0.5, 0.6) is 0 Å². The van der Waals surface area contributed by atoms with Gasteiger partial charge in [0.1, 0.15) is 6.61 Å². The van der Waals surface area contributed by atoms with E-state index < -0.39 is 24.7 Å². The molecule has 0 aliphatic heterocycles. The molecule has 0 saturated heterocycles. The van der Waals surface area contributed by atoms with Crippen molar-refractivity contribution in [2.75, 3.05) is 18.5 Å². The average Bonchev–Trinajstić information content (AvgIpc) is 2.34. The minimum absolute atomic E-state index is 0.00359. The summed E-state index contributed by atoms with van der Waals surface area (Å²) in [5.74, 6) is -1.70. The minimum Gasteiger partial charge on any atom is -0.478 e. The highest BCUT2D eigenvalue weighted by Crippen LogP contribution is 2.14. The van der Waals surface area contributed by atoms with Crippen LogP contribution in [0.25, 0.3) is 0 Å². The van der Waals surface area contributed by atoms with Crippen molar-refractivity contribution in [1.82, 2.24) is 0 Å². The molecule has 1 rings (SSSR count). The van der Waals surface area contributed by atoms with Gasteiger partial charge in [-0.05, 0) is 18.2 Å². The van der Waals surface area contributed by atoms with Gasteiger partial charge in [0.15, 0.2) is 0 Å². The first-order chi connectivity index (χ1) is 9.28. The highest BCUT2D eigenvalue weighted by Gasteiger charge is 2.27. The van der Waals surface area contributed by atoms with E-state index >= 15 is 0 Å². The van der Waals surface area contributed by atoms with Crippen LogP contribution in [0, 0.1) is 0 Å². The summed E-state index contributed by atoms with van der Waals surface area (Å²) in [5, 5.41) is 11.1. The fourth-order valence-electron chi connectivity index (χ4n) is 1.31. The zero-order valence-electron chi connectivity index (χ0n) is 10.2. The molecule has 0 bridgehead atoms. The van der Waals surface area contributed by atoms with Crippen molar-refractivity contribution in [2.24, 2.45) is 0 Å². The van der Waals surface area contributed by atoms with Gasteiger partial charge in [-0.2, -0.15) is 13.2 Å². The lowest BCUT2D eigenvalue weighted by Crippen LogP contribution is -2.20. The Hall–Kier alpha value is -2.09. The van der Waals surface area contributed by atoms with Crippen LogP contribution in [0.1, 0.15) is 16.8 Å². The number of ether oxygens (including phenoxy) is 1. The zero-order valence-corrected chi connectivity index (χ0v) is 10.2. The van der Waals surface area contributed by atoms with E-state index in [2.05, 4.69) is 10.1 Å². The molecule has 0 aliphatic rings. The summed E-state index contributed by atoms with van der Waals surface area (Å²) in [7, 11) is 0. The number of nitrogens with one attached hydrogen (secondary N) is 1. The largest absolute Gasteiger partial charge is 0.478 e. The van der Waals surface area contributed by atoms with Crippen LogP contribution < -0.4 is 5.32 Å². The second-order valence-electron chi connectivity index (χ2n) is 3.85. The van der Waals surface area contributed by atoms with Gasteiger partial charge in [-0.3, -0.25) is 4.79 Å². The molecule has 20 heavy (non-hydrogen) atoms. The predicted molar refractivity (Wildman–Crippen MR) is 63.5 cm³/mol. The first-order valence-corrected chi connectivity index (χ1v) is 5.55. The summed E-state index contributed by atoms with van der Waals surface area (Å²) in [6, 6.07) is 5.52. The SMILES string of the molecule is O=C(CCOCC(F)(F)F)Nc1cccc(C(=O)O)c1. The van der Waals surface area contributed by atoms with E-state index in [1.54, 1.807) is 0 Å². The molecule has 5 nitrogen and oxygen atoms in total. The Morgan fingerprint density at radius 2 is 2.00 bits per heavy atom. The number of carboxylic acids is 1. The van der Waals surface area contributed by atoms with Crippen molar-refractivity contribution in [3.05, 3.63) is 29.8 Å². The molecular formula is C12H12F3NO4. The van der Waals surface area contributed by atoms with Crippen molar-refractivity contribution in [1.29, 1.82) is 0 Å². The number of anilines is 1. The molecule has 8 heteroatoms. The van der Waals surface area contributed by atoms with Crippen molar-refractivity contribution in [3.8, 4) is 0 Å². The molecule has 0 heterocycles. The lowest BCUT2D eigenvalue weighted by Gasteiger charge is -2.08. The minimum atomic E-state index is -4.42. The molecule has 1 aromatic rings. The van der Waals surface area contributed by atoms with E-state index in [1.165, 1.54) is 24.3 Å². The Bertz CT molecular complexity index is 488. The number of carbonyl (C=O) groups excluding carboxylic acids is 1. The average molecular weight is 291 g/mol. The van der Waals surface area contributed by atoms with Crippen LogP contribution in [0.15, 0.2) is 24.3 Å². The lowest BCUT2D eigenvalue weighted by molar-refractivity contribution is -0.174. The third kappa shape index (κ3) is 6.19. The third-order valence-electron chi connectivity index (χ3n) is 2.13. The van der Waals surface area contributed by atoms with E-state index in [1.807, 2.05) is 0 Å². The summed E-state index contributed by atoms with van der Waals surface area (Å²) in [6.07, 6.45) is -4.68. The normalized spacial score (nSPS) is 11.2. The molecule has 110 valence electrons. The molecular weight excluding hydrogens is 279 g/mol. The van der Waals surface area contributed by atoms with Crippen LogP contribution in [0.3, 0.4) is 0 Å². The number of aromatic carboxylic acids is 1. The Labute approximate surface area is 112 Å². The third-order valence-corrected chi connectivity index (χ3v) is 2.13. The van der Waals surface area contributed by atoms with Gasteiger partial charge in [0.25, 0.3) is 0 Å². The quantitative estimate of drug-likeness (QED) is 0.788. The Balaban J connectivity index is 2.39. The molecule has 0 radical (unpaired) electrons. The number of rotatable bonds is 6. The van der Waals surface area contributed by atoms with Crippen LogP contribution in [-0.2, 0) is 9.53 Å². The molecule has 1 amide bonds. The predicted octanol–water partition coefficient (Wildman–Crippen LogP) is 2.29. The number of hydrogen-bond donors (Lipinski definition) is 2. The van der Waals surface area contributed by atoms with Gasteiger partial charge >= 0.3 is 12.1 Å². The van der Waals surface area contributed by atoms with Gasteiger partial charge in [-0.15, -0.1) is 0 Å². The number of alkyl halides is 3. The van der Waals surface area contributed by atoms with E-state index in [-0.39, 0.29) is 24.3 Å². The van der Waals surface area contributed by atoms with E-state index in [4.69, 9.17) is 5.11 Å². The number of amides is 1. The van der Waals surface area contributed by atoms with Crippen LogP contribution >= 0.6 is 0 Å². The van der Waals surface area contributed by atoms with Gasteiger partial charge < -0.3 is 15.2 Å². The molecule has 0 fully saturated rings. The first-order valence-electron chi connectivity index (χ1n) is 5.55. The lowest BCUT2D eigenvalue weighted by atomic mass is 10.2. The summed E-state index contributed by atoms with van der Waals surface area (Å²) in [6.45, 7) is -1.78. The summed E-state index contributed by atoms with van der Waals surface area (Å²) in [5.41, 5.74) is 0.252. The number of carboxylic acid groups (broad SMARTS) is 1. The number of carbonyl (C=O) groups is 2. The number of benzene rings is 1. The van der Waals surface area contributed by atoms with E-state index in [0.717, 1.165) is 0 Å². The van der Waals surface area contributed by atoms with Gasteiger partial charge in [0, 0.05) is 5.69 Å². The van der Waals surface area contributed by atoms with Crippen molar-refractivity contribution in [2.45, 2.75) is 12.6 Å². The van der Waals surface area contributed by atoms with Gasteiger partial charge in [-0.25, -0.2) is 4.79 Å². The van der Waals surface area contributed by atoms with Gasteiger partial charge in [0.2, 0.25) is 5.91 Å². The monoisotopic (exact) mass is 291 g/mol. The first kappa shape index (κ1) is 16.0. The highest BCUT2D eigenvalue weighted by molar-refractivity contribution is 5.93. The Morgan fingerprint density at radius 3 is 2.60 bits per heavy atom. The molecule has 0 aromatic heterocycles. The smallest absolute Gasteiger partial charge is 0.411 e. The van der Waals surface area contributed by atoms with Crippen LogP contribution in [0.4, 0.5) is 18.9 Å². The van der Waals surface area contributed by atoms with E-state index in [9.17, 15) is 22.8 Å². The maximum absolute atomic E-state index is 11.8. The van der Waals surface area contributed by atoms with Gasteiger partial charge in [-0.1, -0.05) is 6.07 Å². The molecule has 1 aromatic carbocycles. The van der Waals surface area contributed by atoms with Crippen molar-refractivity contribution in [3.63, 3.8) is 0 Å². The molecule has 0 saturated carbocycles. The van der Waals surface area contributed by atoms with Crippen molar-refractivity contribution < 1.29 is 32.6 Å². The van der Waals surface area contributed by atoms with Crippen LogP contribution in [-0.4, -0.2) is 36.4 Å². The van der Waals surface area contributed by atoms with Crippen molar-refractivity contribution >= 4 is 17.6 Å². The van der Waals surface area contributed by atoms with Crippen LogP contribution in [0.2, 0.25) is 0 Å². The number of halogens is 3. The molecule has 0 unspecified atom stereocenters. The van der Waals surface area contributed by atoms with E-state index in [0.29, 0.717) is 0 Å². The fourth-order valence-corrected chi connectivity index (χ4v) is 1.31. The second-order valence-corrected chi connectivity index (χ2v) is 3.85. The molecule has 0 aliphatic carbocycles. The maximum atomic E-state index is 11.8. The maximum Gasteiger partial charge on any atom is 0.411 e. The summed E-state index contributed by atoms with van der Waals surface area (Å²) in [4.78, 5) is 22.1.